The average molecular weight is 315 g/mol. The van der Waals surface area contributed by atoms with E-state index in [0.29, 0.717) is 5.82 Å². The third-order valence-corrected chi connectivity index (χ3v) is 4.23. The highest BCUT2D eigenvalue weighted by Gasteiger charge is 2.34. The van der Waals surface area contributed by atoms with Crippen LogP contribution in [0.15, 0.2) is 23.3 Å². The highest BCUT2D eigenvalue weighted by Crippen LogP contribution is 2.30. The minimum atomic E-state index is -0.502. The zero-order valence-electron chi connectivity index (χ0n) is 14.2. The molecule has 23 heavy (non-hydrogen) atoms. The second kappa shape index (κ2) is 6.30. The van der Waals surface area contributed by atoms with E-state index in [1.807, 2.05) is 39.1 Å². The fraction of sp³-hybridized carbons (Fsp3) is 0.611. The Morgan fingerprint density at radius 1 is 1.26 bits per heavy atom. The number of hydrogen-bond donors (Lipinski definition) is 0. The molecule has 0 aromatic carbocycles. The highest BCUT2D eigenvalue weighted by molar-refractivity contribution is 6.01. The van der Waals surface area contributed by atoms with Crippen molar-refractivity contribution in [2.24, 2.45) is 4.99 Å². The van der Waals surface area contributed by atoms with Crippen molar-refractivity contribution in [3.8, 4) is 0 Å². The Morgan fingerprint density at radius 2 is 2.04 bits per heavy atom. The van der Waals surface area contributed by atoms with Crippen molar-refractivity contribution in [3.63, 3.8) is 0 Å². The molecular formula is C18H25N3O2. The van der Waals surface area contributed by atoms with Crippen LogP contribution in [-0.4, -0.2) is 35.0 Å². The van der Waals surface area contributed by atoms with Gasteiger partial charge in [-0.1, -0.05) is 0 Å². The summed E-state index contributed by atoms with van der Waals surface area (Å²) in [6.45, 7) is 6.57. The van der Waals surface area contributed by atoms with Crippen LogP contribution in [0.5, 0.6) is 0 Å². The van der Waals surface area contributed by atoms with Crippen LogP contribution in [-0.2, 0) is 4.74 Å². The van der Waals surface area contributed by atoms with Crippen molar-refractivity contribution in [1.82, 2.24) is 4.98 Å². The molecule has 3 rings (SSSR count). The van der Waals surface area contributed by atoms with Crippen molar-refractivity contribution in [2.75, 3.05) is 11.4 Å². The first-order valence-corrected chi connectivity index (χ1v) is 8.46. The summed E-state index contributed by atoms with van der Waals surface area (Å²) in [5, 5.41) is 0. The van der Waals surface area contributed by atoms with Crippen LogP contribution in [0.1, 0.15) is 58.4 Å². The van der Waals surface area contributed by atoms with Crippen LogP contribution in [0.2, 0.25) is 0 Å². The number of ether oxygens (including phenoxy) is 1. The highest BCUT2D eigenvalue weighted by atomic mass is 16.6. The molecule has 0 radical (unpaired) electrons. The Labute approximate surface area is 137 Å². The monoisotopic (exact) mass is 315 g/mol. The Bertz CT molecular complexity index is 598. The summed E-state index contributed by atoms with van der Waals surface area (Å²) < 4.78 is 5.56. The molecule has 2 heterocycles. The molecule has 0 spiro atoms. The summed E-state index contributed by atoms with van der Waals surface area (Å²) in [4.78, 5) is 23.3. The van der Waals surface area contributed by atoms with E-state index in [2.05, 4.69) is 9.98 Å². The Balaban J connectivity index is 1.80. The molecule has 1 amide bonds. The summed E-state index contributed by atoms with van der Waals surface area (Å²) in [7, 11) is 0. The van der Waals surface area contributed by atoms with Crippen LogP contribution < -0.4 is 4.90 Å². The van der Waals surface area contributed by atoms with Gasteiger partial charge in [-0.15, -0.1) is 0 Å². The molecule has 124 valence electrons. The van der Waals surface area contributed by atoms with E-state index < -0.39 is 5.60 Å². The van der Waals surface area contributed by atoms with Gasteiger partial charge in [0.25, 0.3) is 0 Å². The summed E-state index contributed by atoms with van der Waals surface area (Å²) >= 11 is 0. The second-order valence-corrected chi connectivity index (χ2v) is 7.27. The van der Waals surface area contributed by atoms with Crippen molar-refractivity contribution >= 4 is 17.6 Å². The van der Waals surface area contributed by atoms with E-state index in [-0.39, 0.29) is 12.1 Å². The molecule has 1 aliphatic carbocycles. The Hall–Kier alpha value is -1.91. The van der Waals surface area contributed by atoms with Gasteiger partial charge in [0, 0.05) is 30.1 Å². The molecule has 0 bridgehead atoms. The fourth-order valence-corrected chi connectivity index (χ4v) is 2.86. The number of nitrogens with zero attached hydrogens (tertiary/aromatic N) is 3. The zero-order chi connectivity index (χ0) is 16.4. The maximum Gasteiger partial charge on any atom is 0.416 e. The van der Waals surface area contributed by atoms with E-state index in [1.165, 1.54) is 0 Å². The summed E-state index contributed by atoms with van der Waals surface area (Å²) in [5.41, 5.74) is 1.68. The molecular weight excluding hydrogens is 290 g/mol. The third-order valence-electron chi connectivity index (χ3n) is 4.23. The van der Waals surface area contributed by atoms with Crippen LogP contribution in [0, 0.1) is 0 Å². The summed E-state index contributed by atoms with van der Waals surface area (Å²) in [6, 6.07) is 4.13. The minimum Gasteiger partial charge on any atom is -0.443 e. The fourth-order valence-electron chi connectivity index (χ4n) is 2.86. The topological polar surface area (TPSA) is 54.8 Å². The molecule has 5 nitrogen and oxygen atoms in total. The van der Waals surface area contributed by atoms with Crippen molar-refractivity contribution in [2.45, 2.75) is 64.5 Å². The van der Waals surface area contributed by atoms with Gasteiger partial charge in [0.15, 0.2) is 0 Å². The SMILES string of the molecule is CC(C)(C)OC(=O)N(c1ccc(C2=NCCC2)cn1)C1CCC1. The van der Waals surface area contributed by atoms with Gasteiger partial charge in [0.05, 0.1) is 0 Å². The molecule has 1 fully saturated rings. The first kappa shape index (κ1) is 16.0. The van der Waals surface area contributed by atoms with Gasteiger partial charge in [-0.2, -0.15) is 0 Å². The molecule has 5 heteroatoms. The largest absolute Gasteiger partial charge is 0.443 e. The van der Waals surface area contributed by atoms with E-state index in [9.17, 15) is 4.79 Å². The van der Waals surface area contributed by atoms with Gasteiger partial charge in [-0.05, 0) is 65.0 Å². The molecule has 2 aliphatic rings. The molecule has 1 aromatic heterocycles. The number of anilines is 1. The normalized spacial score (nSPS) is 18.3. The summed E-state index contributed by atoms with van der Waals surface area (Å²) in [6.07, 6.45) is 6.82. The quantitative estimate of drug-likeness (QED) is 0.848. The van der Waals surface area contributed by atoms with Gasteiger partial charge in [0.1, 0.15) is 11.4 Å². The molecule has 0 N–H and O–H groups in total. The Kier molecular flexibility index (Phi) is 4.37. The maximum atomic E-state index is 12.6. The zero-order valence-corrected chi connectivity index (χ0v) is 14.2. The maximum absolute atomic E-state index is 12.6. The number of rotatable bonds is 3. The number of hydrogen-bond acceptors (Lipinski definition) is 4. The first-order chi connectivity index (χ1) is 10.9. The van der Waals surface area contributed by atoms with E-state index in [1.54, 1.807) is 4.90 Å². The summed E-state index contributed by atoms with van der Waals surface area (Å²) in [5.74, 6) is 0.672. The standard InChI is InChI=1S/C18H25N3O2/c1-18(2,3)23-17(22)21(14-6-4-7-14)16-10-9-13(12-20-16)15-8-5-11-19-15/h9-10,12,14H,4-8,11H2,1-3H3. The van der Waals surface area contributed by atoms with Crippen molar-refractivity contribution in [1.29, 1.82) is 0 Å². The van der Waals surface area contributed by atoms with Crippen LogP contribution >= 0.6 is 0 Å². The number of amides is 1. The number of carbonyl (C=O) groups excluding carboxylic acids is 1. The van der Waals surface area contributed by atoms with Gasteiger partial charge >= 0.3 is 6.09 Å². The lowest BCUT2D eigenvalue weighted by Gasteiger charge is -2.37. The molecule has 0 saturated heterocycles. The van der Waals surface area contributed by atoms with Crippen molar-refractivity contribution < 1.29 is 9.53 Å². The molecule has 1 saturated carbocycles. The van der Waals surface area contributed by atoms with E-state index >= 15 is 0 Å². The van der Waals surface area contributed by atoms with Gasteiger partial charge in [-0.25, -0.2) is 9.78 Å². The lowest BCUT2D eigenvalue weighted by molar-refractivity contribution is 0.0548. The van der Waals surface area contributed by atoms with E-state index in [0.717, 1.165) is 49.9 Å². The Morgan fingerprint density at radius 3 is 2.52 bits per heavy atom. The second-order valence-electron chi connectivity index (χ2n) is 7.27. The number of pyridine rings is 1. The van der Waals surface area contributed by atoms with Crippen LogP contribution in [0.25, 0.3) is 0 Å². The smallest absolute Gasteiger partial charge is 0.416 e. The lowest BCUT2D eigenvalue weighted by Crippen LogP contribution is -2.47. The first-order valence-electron chi connectivity index (χ1n) is 8.46. The number of aromatic nitrogens is 1. The van der Waals surface area contributed by atoms with Crippen molar-refractivity contribution in [3.05, 3.63) is 23.9 Å². The molecule has 0 unspecified atom stereocenters. The number of carbonyl (C=O) groups is 1. The average Bonchev–Trinajstić information content (AvgIpc) is 2.95. The van der Waals surface area contributed by atoms with Crippen LogP contribution in [0.4, 0.5) is 10.6 Å². The lowest BCUT2D eigenvalue weighted by atomic mass is 9.91. The third kappa shape index (κ3) is 3.71. The molecule has 1 aromatic rings. The minimum absolute atomic E-state index is 0.201. The predicted molar refractivity (Wildman–Crippen MR) is 91.2 cm³/mol. The van der Waals surface area contributed by atoms with Crippen LogP contribution in [0.3, 0.4) is 0 Å². The number of aliphatic imine (C=N–C) groups is 1. The molecule has 0 atom stereocenters. The predicted octanol–water partition coefficient (Wildman–Crippen LogP) is 3.96. The van der Waals surface area contributed by atoms with Gasteiger partial charge in [-0.3, -0.25) is 9.89 Å². The molecule has 1 aliphatic heterocycles. The van der Waals surface area contributed by atoms with E-state index in [4.69, 9.17) is 4.74 Å². The van der Waals surface area contributed by atoms with Gasteiger partial charge in [0.2, 0.25) is 0 Å². The van der Waals surface area contributed by atoms with Gasteiger partial charge < -0.3 is 4.74 Å².